The summed E-state index contributed by atoms with van der Waals surface area (Å²) in [7, 11) is 0. The van der Waals surface area contributed by atoms with E-state index in [1.807, 2.05) is 6.07 Å². The second-order valence-electron chi connectivity index (χ2n) is 7.70. The third-order valence-corrected chi connectivity index (χ3v) is 10.3. The predicted octanol–water partition coefficient (Wildman–Crippen LogP) is 5.24. The van der Waals surface area contributed by atoms with Crippen molar-refractivity contribution >= 4 is 35.1 Å². The molecule has 1 spiro atoms. The fourth-order valence-electron chi connectivity index (χ4n) is 4.89. The number of carbonyl (C=O) groups is 1. The third-order valence-electron chi connectivity index (χ3n) is 6.27. The van der Waals surface area contributed by atoms with E-state index in [0.717, 1.165) is 30.4 Å². The minimum atomic E-state index is 0.203. The largest absolute Gasteiger partial charge is 0.326 e. The number of thioether (sulfide) groups is 2. The summed E-state index contributed by atoms with van der Waals surface area (Å²) in [6.07, 6.45) is 6.19. The Morgan fingerprint density at radius 2 is 1.75 bits per heavy atom. The minimum absolute atomic E-state index is 0.203. The number of rotatable bonds is 2. The first-order valence-corrected chi connectivity index (χ1v) is 11.2. The zero-order chi connectivity index (χ0) is 16.7. The molecule has 130 valence electrons. The molecule has 1 saturated heterocycles. The van der Waals surface area contributed by atoms with Crippen LogP contribution in [0.2, 0.25) is 0 Å². The molecule has 1 unspecified atom stereocenters. The first-order valence-electron chi connectivity index (χ1n) is 9.24. The van der Waals surface area contributed by atoms with Crippen molar-refractivity contribution in [2.75, 3.05) is 16.8 Å². The average molecular weight is 362 g/mol. The molecule has 2 saturated carbocycles. The number of nitrogens with one attached hydrogen (secondary N) is 1. The maximum absolute atomic E-state index is 12.9. The van der Waals surface area contributed by atoms with Crippen molar-refractivity contribution in [2.24, 2.45) is 17.8 Å². The Bertz CT molecular complexity index is 623. The van der Waals surface area contributed by atoms with Gasteiger partial charge in [-0.25, -0.2) is 0 Å². The molecular formula is C20H27NOS2. The normalized spacial score (nSPS) is 31.2. The lowest BCUT2D eigenvalue weighted by molar-refractivity contribution is -0.122. The molecule has 3 fully saturated rings. The van der Waals surface area contributed by atoms with Gasteiger partial charge in [0.15, 0.2) is 0 Å². The van der Waals surface area contributed by atoms with Crippen LogP contribution in [-0.2, 0) is 4.79 Å². The molecule has 3 aliphatic rings. The highest BCUT2D eigenvalue weighted by molar-refractivity contribution is 8.21. The minimum Gasteiger partial charge on any atom is -0.326 e. The standard InChI is InChI=1S/C20H27NOS2/c1-13-6-7-18(10-14(13)2)21-19(22)15-11-16-4-3-5-17(12-15)20(16)23-8-9-24-20/h6-7,10,15-17H,3-5,8-9,11-12H2,1-2H3,(H,21,22)/t15?,16-,17+. The summed E-state index contributed by atoms with van der Waals surface area (Å²) in [5.74, 6) is 4.53. The SMILES string of the molecule is Cc1ccc(NC(=O)C2C[C@H]3CCC[C@@H](C2)C32SCCS2)cc1C. The van der Waals surface area contributed by atoms with Crippen LogP contribution in [0.5, 0.6) is 0 Å². The first kappa shape index (κ1) is 16.8. The Morgan fingerprint density at radius 3 is 2.38 bits per heavy atom. The van der Waals surface area contributed by atoms with E-state index in [2.05, 4.69) is 54.8 Å². The van der Waals surface area contributed by atoms with Crippen LogP contribution in [0.15, 0.2) is 18.2 Å². The van der Waals surface area contributed by atoms with E-state index < -0.39 is 0 Å². The molecule has 1 aliphatic heterocycles. The molecule has 0 radical (unpaired) electrons. The van der Waals surface area contributed by atoms with Crippen LogP contribution >= 0.6 is 23.5 Å². The van der Waals surface area contributed by atoms with E-state index in [-0.39, 0.29) is 11.8 Å². The Morgan fingerprint density at radius 1 is 1.08 bits per heavy atom. The van der Waals surface area contributed by atoms with Gasteiger partial charge in [0.25, 0.3) is 0 Å². The van der Waals surface area contributed by atoms with Gasteiger partial charge < -0.3 is 5.32 Å². The second kappa shape index (κ2) is 6.60. The molecule has 24 heavy (non-hydrogen) atoms. The van der Waals surface area contributed by atoms with Crippen molar-refractivity contribution in [1.82, 2.24) is 0 Å². The average Bonchev–Trinajstić information content (AvgIpc) is 3.00. The first-order chi connectivity index (χ1) is 11.6. The van der Waals surface area contributed by atoms with Gasteiger partial charge in [-0.15, -0.1) is 23.5 Å². The number of benzene rings is 1. The quantitative estimate of drug-likeness (QED) is 0.780. The number of hydrogen-bond acceptors (Lipinski definition) is 3. The molecule has 3 atom stereocenters. The van der Waals surface area contributed by atoms with Crippen LogP contribution < -0.4 is 5.32 Å². The number of amides is 1. The molecule has 1 heterocycles. The van der Waals surface area contributed by atoms with Gasteiger partial charge in [-0.1, -0.05) is 12.5 Å². The summed E-state index contributed by atoms with van der Waals surface area (Å²) < 4.78 is 0.454. The molecule has 1 N–H and O–H groups in total. The fourth-order valence-corrected chi connectivity index (χ4v) is 8.82. The van der Waals surface area contributed by atoms with Gasteiger partial charge in [0.2, 0.25) is 5.91 Å². The summed E-state index contributed by atoms with van der Waals surface area (Å²) in [5.41, 5.74) is 3.47. The van der Waals surface area contributed by atoms with E-state index in [1.165, 1.54) is 41.9 Å². The van der Waals surface area contributed by atoms with Crippen LogP contribution in [0.25, 0.3) is 0 Å². The Balaban J connectivity index is 1.47. The van der Waals surface area contributed by atoms with Crippen molar-refractivity contribution in [3.63, 3.8) is 0 Å². The third kappa shape index (κ3) is 2.90. The molecule has 1 aromatic rings. The lowest BCUT2D eigenvalue weighted by Crippen LogP contribution is -2.48. The number of aryl methyl sites for hydroxylation is 2. The van der Waals surface area contributed by atoms with E-state index in [0.29, 0.717) is 4.08 Å². The van der Waals surface area contributed by atoms with Crippen molar-refractivity contribution in [2.45, 2.75) is 50.0 Å². The van der Waals surface area contributed by atoms with Gasteiger partial charge in [-0.05, 0) is 74.6 Å². The zero-order valence-corrected chi connectivity index (χ0v) is 16.3. The van der Waals surface area contributed by atoms with Gasteiger partial charge >= 0.3 is 0 Å². The monoisotopic (exact) mass is 361 g/mol. The lowest BCUT2D eigenvalue weighted by Gasteiger charge is -2.52. The van der Waals surface area contributed by atoms with E-state index in [1.54, 1.807) is 0 Å². The predicted molar refractivity (Wildman–Crippen MR) is 106 cm³/mol. The summed E-state index contributed by atoms with van der Waals surface area (Å²) in [4.78, 5) is 12.9. The van der Waals surface area contributed by atoms with Gasteiger partial charge in [-0.3, -0.25) is 4.79 Å². The number of carbonyl (C=O) groups excluding carboxylic acids is 1. The molecule has 4 rings (SSSR count). The Kier molecular flexibility index (Phi) is 4.63. The smallest absolute Gasteiger partial charge is 0.227 e. The van der Waals surface area contributed by atoms with E-state index >= 15 is 0 Å². The molecular weight excluding hydrogens is 334 g/mol. The highest BCUT2D eigenvalue weighted by Crippen LogP contribution is 2.64. The number of hydrogen-bond donors (Lipinski definition) is 1. The van der Waals surface area contributed by atoms with E-state index in [4.69, 9.17) is 0 Å². The molecule has 1 aromatic carbocycles. The zero-order valence-electron chi connectivity index (χ0n) is 14.6. The number of anilines is 1. The lowest BCUT2D eigenvalue weighted by atomic mass is 9.67. The fraction of sp³-hybridized carbons (Fsp3) is 0.650. The highest BCUT2D eigenvalue weighted by atomic mass is 32.2. The summed E-state index contributed by atoms with van der Waals surface area (Å²) >= 11 is 4.42. The van der Waals surface area contributed by atoms with Crippen LogP contribution in [0.4, 0.5) is 5.69 Å². The molecule has 1 amide bonds. The van der Waals surface area contributed by atoms with Crippen molar-refractivity contribution in [3.05, 3.63) is 29.3 Å². The molecule has 2 nitrogen and oxygen atoms in total. The summed E-state index contributed by atoms with van der Waals surface area (Å²) in [6, 6.07) is 6.23. The molecule has 0 aromatic heterocycles. The van der Waals surface area contributed by atoms with Gasteiger partial charge in [0, 0.05) is 23.1 Å². The Hall–Kier alpha value is -0.610. The molecule has 2 bridgehead atoms. The van der Waals surface area contributed by atoms with Crippen molar-refractivity contribution in [1.29, 1.82) is 0 Å². The van der Waals surface area contributed by atoms with Gasteiger partial charge in [0.05, 0.1) is 4.08 Å². The van der Waals surface area contributed by atoms with Crippen LogP contribution in [0, 0.1) is 31.6 Å². The Labute approximate surface area is 153 Å². The maximum Gasteiger partial charge on any atom is 0.227 e. The van der Waals surface area contributed by atoms with Crippen LogP contribution in [-0.4, -0.2) is 21.5 Å². The summed E-state index contributed by atoms with van der Waals surface area (Å²) in [5, 5.41) is 3.20. The van der Waals surface area contributed by atoms with Crippen molar-refractivity contribution < 1.29 is 4.79 Å². The van der Waals surface area contributed by atoms with Crippen LogP contribution in [0.3, 0.4) is 0 Å². The van der Waals surface area contributed by atoms with Crippen LogP contribution in [0.1, 0.15) is 43.2 Å². The maximum atomic E-state index is 12.9. The second-order valence-corrected chi connectivity index (χ2v) is 10.7. The summed E-state index contributed by atoms with van der Waals surface area (Å²) in [6.45, 7) is 4.22. The van der Waals surface area contributed by atoms with Crippen molar-refractivity contribution in [3.8, 4) is 0 Å². The van der Waals surface area contributed by atoms with Gasteiger partial charge in [0.1, 0.15) is 0 Å². The highest BCUT2D eigenvalue weighted by Gasteiger charge is 2.55. The molecule has 4 heteroatoms. The molecule has 2 aliphatic carbocycles. The topological polar surface area (TPSA) is 29.1 Å². The van der Waals surface area contributed by atoms with Gasteiger partial charge in [-0.2, -0.15) is 0 Å². The van der Waals surface area contributed by atoms with E-state index in [9.17, 15) is 4.79 Å².